The predicted molar refractivity (Wildman–Crippen MR) is 95.8 cm³/mol. The van der Waals surface area contributed by atoms with Gasteiger partial charge in [-0.2, -0.15) is 11.8 Å². The van der Waals surface area contributed by atoms with Crippen LogP contribution < -0.4 is 9.46 Å². The second kappa shape index (κ2) is 8.59. The summed E-state index contributed by atoms with van der Waals surface area (Å²) in [5, 5.41) is 0.714. The number of thioether (sulfide) groups is 1. The molecule has 0 radical (unpaired) electrons. The lowest BCUT2D eigenvalue weighted by Crippen LogP contribution is -2.26. The van der Waals surface area contributed by atoms with E-state index >= 15 is 0 Å². The Balaban J connectivity index is 1.77. The van der Waals surface area contributed by atoms with Gasteiger partial charge < -0.3 is 4.74 Å². The van der Waals surface area contributed by atoms with E-state index in [-0.39, 0.29) is 4.90 Å². The molecule has 0 aromatic heterocycles. The lowest BCUT2D eigenvalue weighted by atomic mass is 10.2. The standard InChI is InChI=1S/C16H18ClNO3S2/c1-21-15-6-8-16(9-7-15)23(19,20)18-10-11-22-12-13-2-4-14(17)5-3-13/h2-9,18H,10-12H2,1H3. The average molecular weight is 372 g/mol. The molecule has 0 aliphatic rings. The lowest BCUT2D eigenvalue weighted by molar-refractivity contribution is 0.414. The van der Waals surface area contributed by atoms with E-state index in [1.54, 1.807) is 31.0 Å². The van der Waals surface area contributed by atoms with E-state index in [0.29, 0.717) is 23.1 Å². The fourth-order valence-electron chi connectivity index (χ4n) is 1.86. The SMILES string of the molecule is COc1ccc(S(=O)(=O)NCCSCc2ccc(Cl)cc2)cc1. The van der Waals surface area contributed by atoms with Crippen molar-refractivity contribution in [1.82, 2.24) is 4.72 Å². The molecule has 0 fully saturated rings. The number of nitrogens with one attached hydrogen (secondary N) is 1. The van der Waals surface area contributed by atoms with E-state index < -0.39 is 10.0 Å². The normalized spacial score (nSPS) is 11.4. The van der Waals surface area contributed by atoms with Gasteiger partial charge in [0.05, 0.1) is 12.0 Å². The van der Waals surface area contributed by atoms with E-state index in [0.717, 1.165) is 11.3 Å². The summed E-state index contributed by atoms with van der Waals surface area (Å²) >= 11 is 7.50. The first-order valence-corrected chi connectivity index (χ1v) is 9.99. The van der Waals surface area contributed by atoms with Gasteiger partial charge in [-0.25, -0.2) is 13.1 Å². The Morgan fingerprint density at radius 3 is 2.35 bits per heavy atom. The summed E-state index contributed by atoms with van der Waals surface area (Å²) in [6.07, 6.45) is 0. The maximum absolute atomic E-state index is 12.1. The summed E-state index contributed by atoms with van der Waals surface area (Å²) < 4.78 is 31.9. The maximum atomic E-state index is 12.1. The molecule has 0 heterocycles. The van der Waals surface area contributed by atoms with Crippen molar-refractivity contribution in [2.24, 2.45) is 0 Å². The number of benzene rings is 2. The molecule has 1 N–H and O–H groups in total. The van der Waals surface area contributed by atoms with Crippen LogP contribution in [0.3, 0.4) is 0 Å². The van der Waals surface area contributed by atoms with Crippen molar-refractivity contribution in [2.45, 2.75) is 10.6 Å². The third-order valence-electron chi connectivity index (χ3n) is 3.09. The summed E-state index contributed by atoms with van der Waals surface area (Å²) in [6.45, 7) is 0.382. The molecule has 0 aliphatic heterocycles. The average Bonchev–Trinajstić information content (AvgIpc) is 2.56. The molecule has 2 aromatic rings. The number of halogens is 1. The molecule has 124 valence electrons. The molecular formula is C16H18ClNO3S2. The predicted octanol–water partition coefficient (Wildman–Crippen LogP) is 3.56. The van der Waals surface area contributed by atoms with Crippen LogP contribution in [-0.4, -0.2) is 27.8 Å². The Morgan fingerprint density at radius 1 is 1.09 bits per heavy atom. The van der Waals surface area contributed by atoms with Gasteiger partial charge in [-0.05, 0) is 42.0 Å². The van der Waals surface area contributed by atoms with Gasteiger partial charge in [0.1, 0.15) is 5.75 Å². The number of methoxy groups -OCH3 is 1. The zero-order chi connectivity index (χ0) is 16.7. The van der Waals surface area contributed by atoms with Crippen LogP contribution in [0.1, 0.15) is 5.56 Å². The molecule has 0 amide bonds. The lowest BCUT2D eigenvalue weighted by Gasteiger charge is -2.07. The highest BCUT2D eigenvalue weighted by atomic mass is 35.5. The van der Waals surface area contributed by atoms with Gasteiger partial charge in [-0.15, -0.1) is 0 Å². The highest BCUT2D eigenvalue weighted by molar-refractivity contribution is 7.98. The van der Waals surface area contributed by atoms with Crippen molar-refractivity contribution in [3.8, 4) is 5.75 Å². The number of ether oxygens (including phenoxy) is 1. The van der Waals surface area contributed by atoms with Crippen LogP contribution in [0.25, 0.3) is 0 Å². The van der Waals surface area contributed by atoms with E-state index in [9.17, 15) is 8.42 Å². The minimum atomic E-state index is -3.47. The molecule has 7 heteroatoms. The summed E-state index contributed by atoms with van der Waals surface area (Å²) in [6, 6.07) is 14.0. The van der Waals surface area contributed by atoms with E-state index in [1.165, 1.54) is 12.1 Å². The Hall–Kier alpha value is -1.21. The largest absolute Gasteiger partial charge is 0.497 e. The molecule has 0 atom stereocenters. The highest BCUT2D eigenvalue weighted by Crippen LogP contribution is 2.17. The Bertz CT molecular complexity index is 716. The van der Waals surface area contributed by atoms with Crippen LogP contribution in [0.4, 0.5) is 0 Å². The summed E-state index contributed by atoms with van der Waals surface area (Å²) in [5.74, 6) is 2.14. The van der Waals surface area contributed by atoms with Crippen molar-refractivity contribution in [3.05, 3.63) is 59.1 Å². The molecule has 0 saturated heterocycles. The van der Waals surface area contributed by atoms with E-state index in [4.69, 9.17) is 16.3 Å². The van der Waals surface area contributed by atoms with Crippen LogP contribution in [-0.2, 0) is 15.8 Å². The van der Waals surface area contributed by atoms with Gasteiger partial charge in [0.25, 0.3) is 0 Å². The number of hydrogen-bond donors (Lipinski definition) is 1. The quantitative estimate of drug-likeness (QED) is 0.721. The first-order chi connectivity index (χ1) is 11.0. The van der Waals surface area contributed by atoms with Crippen LogP contribution in [0.5, 0.6) is 5.75 Å². The molecule has 23 heavy (non-hydrogen) atoms. The molecule has 4 nitrogen and oxygen atoms in total. The van der Waals surface area contributed by atoms with Crippen molar-refractivity contribution < 1.29 is 13.2 Å². The molecule has 2 aromatic carbocycles. The van der Waals surface area contributed by atoms with Crippen molar-refractivity contribution in [2.75, 3.05) is 19.4 Å². The van der Waals surface area contributed by atoms with Crippen LogP contribution in [0.15, 0.2) is 53.4 Å². The van der Waals surface area contributed by atoms with E-state index in [1.807, 2.05) is 24.3 Å². The van der Waals surface area contributed by atoms with Gasteiger partial charge in [-0.1, -0.05) is 23.7 Å². The van der Waals surface area contributed by atoms with Crippen LogP contribution in [0, 0.1) is 0 Å². The fourth-order valence-corrected chi connectivity index (χ4v) is 3.96. The second-order valence-corrected chi connectivity index (χ2v) is 8.06. The third-order valence-corrected chi connectivity index (χ3v) is 5.85. The topological polar surface area (TPSA) is 55.4 Å². The minimum Gasteiger partial charge on any atom is -0.497 e. The highest BCUT2D eigenvalue weighted by Gasteiger charge is 2.12. The van der Waals surface area contributed by atoms with Gasteiger partial charge >= 0.3 is 0 Å². The number of hydrogen-bond acceptors (Lipinski definition) is 4. The monoisotopic (exact) mass is 371 g/mol. The second-order valence-electron chi connectivity index (χ2n) is 4.75. The van der Waals surface area contributed by atoms with Crippen molar-refractivity contribution in [3.63, 3.8) is 0 Å². The fraction of sp³-hybridized carbons (Fsp3) is 0.250. The van der Waals surface area contributed by atoms with Crippen LogP contribution in [0.2, 0.25) is 5.02 Å². The zero-order valence-electron chi connectivity index (χ0n) is 12.7. The van der Waals surface area contributed by atoms with Gasteiger partial charge in [0.2, 0.25) is 10.0 Å². The Labute approximate surface area is 146 Å². The molecule has 2 rings (SSSR count). The van der Waals surface area contributed by atoms with Crippen molar-refractivity contribution >= 4 is 33.4 Å². The molecule has 0 bridgehead atoms. The minimum absolute atomic E-state index is 0.237. The van der Waals surface area contributed by atoms with Crippen LogP contribution >= 0.6 is 23.4 Å². The first kappa shape index (κ1) is 18.1. The molecular weight excluding hydrogens is 354 g/mol. The smallest absolute Gasteiger partial charge is 0.240 e. The number of rotatable bonds is 8. The van der Waals surface area contributed by atoms with Gasteiger partial charge in [-0.3, -0.25) is 0 Å². The number of sulfonamides is 1. The molecule has 0 aliphatic carbocycles. The Kier molecular flexibility index (Phi) is 6.77. The van der Waals surface area contributed by atoms with Gasteiger partial charge in [0.15, 0.2) is 0 Å². The maximum Gasteiger partial charge on any atom is 0.240 e. The first-order valence-electron chi connectivity index (χ1n) is 6.97. The molecule has 0 spiro atoms. The van der Waals surface area contributed by atoms with Gasteiger partial charge in [0, 0.05) is 23.1 Å². The van der Waals surface area contributed by atoms with Crippen molar-refractivity contribution in [1.29, 1.82) is 0 Å². The Morgan fingerprint density at radius 2 is 1.74 bits per heavy atom. The molecule has 0 unspecified atom stereocenters. The van der Waals surface area contributed by atoms with E-state index in [2.05, 4.69) is 4.72 Å². The molecule has 0 saturated carbocycles. The summed E-state index contributed by atoms with van der Waals surface area (Å²) in [5.41, 5.74) is 1.16. The summed E-state index contributed by atoms with van der Waals surface area (Å²) in [7, 11) is -1.93. The summed E-state index contributed by atoms with van der Waals surface area (Å²) in [4.78, 5) is 0.237. The third kappa shape index (κ3) is 5.73. The zero-order valence-corrected chi connectivity index (χ0v) is 15.0.